The smallest absolute Gasteiger partial charge is 0.243 e. The molecule has 0 spiro atoms. The highest BCUT2D eigenvalue weighted by atomic mass is 35.5. The number of nitrogens with two attached hydrogens (primary N) is 1. The Morgan fingerprint density at radius 1 is 1.47 bits per heavy atom. The average molecular weight is 325 g/mol. The standard InChI is InChI=1S/C12H17ClN2O2S.ClH/c1-9-6-11(13)2-3-12(9)18(16,17)15-5-4-10(7-14)8-15;/h2-3,6,10H,4-5,7-8,14H2,1H3;1H. The maximum absolute atomic E-state index is 12.5. The lowest BCUT2D eigenvalue weighted by molar-refractivity contribution is 0.458. The van der Waals surface area contributed by atoms with Crippen LogP contribution in [0.15, 0.2) is 23.1 Å². The number of hydrogen-bond donors (Lipinski definition) is 1. The fourth-order valence-electron chi connectivity index (χ4n) is 2.25. The Balaban J connectivity index is 0.00000180. The summed E-state index contributed by atoms with van der Waals surface area (Å²) in [6, 6.07) is 4.85. The molecule has 1 atom stereocenters. The van der Waals surface area contributed by atoms with Crippen molar-refractivity contribution in [1.29, 1.82) is 0 Å². The minimum Gasteiger partial charge on any atom is -0.330 e. The van der Waals surface area contributed by atoms with Gasteiger partial charge in [0.2, 0.25) is 10.0 Å². The van der Waals surface area contributed by atoms with Gasteiger partial charge in [-0.15, -0.1) is 12.4 Å². The summed E-state index contributed by atoms with van der Waals surface area (Å²) in [5, 5.41) is 0.549. The molecule has 1 aliphatic heterocycles. The molecule has 2 N–H and O–H groups in total. The summed E-state index contributed by atoms with van der Waals surface area (Å²) in [7, 11) is -3.41. The minimum atomic E-state index is -3.41. The van der Waals surface area contributed by atoms with E-state index >= 15 is 0 Å². The van der Waals surface area contributed by atoms with E-state index in [1.54, 1.807) is 25.1 Å². The molecule has 1 fully saturated rings. The van der Waals surface area contributed by atoms with Crippen molar-refractivity contribution >= 4 is 34.0 Å². The fraction of sp³-hybridized carbons (Fsp3) is 0.500. The molecule has 0 saturated carbocycles. The molecule has 1 aliphatic rings. The first kappa shape index (κ1) is 16.7. The Labute approximate surface area is 125 Å². The lowest BCUT2D eigenvalue weighted by Crippen LogP contribution is -2.30. The van der Waals surface area contributed by atoms with Crippen molar-refractivity contribution in [3.8, 4) is 0 Å². The van der Waals surface area contributed by atoms with Crippen LogP contribution in [0, 0.1) is 12.8 Å². The summed E-state index contributed by atoms with van der Waals surface area (Å²) >= 11 is 5.85. The van der Waals surface area contributed by atoms with Gasteiger partial charge in [0.1, 0.15) is 0 Å². The van der Waals surface area contributed by atoms with E-state index in [4.69, 9.17) is 17.3 Å². The highest BCUT2D eigenvalue weighted by molar-refractivity contribution is 7.89. The van der Waals surface area contributed by atoms with Crippen molar-refractivity contribution < 1.29 is 8.42 Å². The van der Waals surface area contributed by atoms with Crippen LogP contribution < -0.4 is 5.73 Å². The molecule has 1 aromatic carbocycles. The average Bonchev–Trinajstić information content (AvgIpc) is 2.77. The van der Waals surface area contributed by atoms with E-state index in [2.05, 4.69) is 0 Å². The topological polar surface area (TPSA) is 63.4 Å². The predicted octanol–water partition coefficient (Wildman–Crippen LogP) is 2.04. The highest BCUT2D eigenvalue weighted by Gasteiger charge is 2.32. The number of aryl methyl sites for hydroxylation is 1. The molecular formula is C12H18Cl2N2O2S. The SMILES string of the molecule is Cc1cc(Cl)ccc1S(=O)(=O)N1CCC(CN)C1.Cl. The number of benzene rings is 1. The van der Waals surface area contributed by atoms with Gasteiger partial charge in [-0.3, -0.25) is 0 Å². The van der Waals surface area contributed by atoms with Crippen LogP contribution in [0.1, 0.15) is 12.0 Å². The summed E-state index contributed by atoms with van der Waals surface area (Å²) in [6.07, 6.45) is 0.836. The van der Waals surface area contributed by atoms with Gasteiger partial charge in [0.25, 0.3) is 0 Å². The number of nitrogens with zero attached hydrogens (tertiary/aromatic N) is 1. The zero-order valence-corrected chi connectivity index (χ0v) is 13.1. The van der Waals surface area contributed by atoms with E-state index in [-0.39, 0.29) is 18.3 Å². The van der Waals surface area contributed by atoms with Gasteiger partial charge in [0, 0.05) is 18.1 Å². The maximum Gasteiger partial charge on any atom is 0.243 e. The third kappa shape index (κ3) is 3.41. The summed E-state index contributed by atoms with van der Waals surface area (Å²) in [5.41, 5.74) is 6.27. The molecule has 4 nitrogen and oxygen atoms in total. The molecule has 0 aromatic heterocycles. The molecule has 0 radical (unpaired) electrons. The Bertz CT molecular complexity index is 549. The second-order valence-electron chi connectivity index (χ2n) is 4.66. The molecule has 0 amide bonds. The van der Waals surface area contributed by atoms with Gasteiger partial charge in [-0.25, -0.2) is 8.42 Å². The van der Waals surface area contributed by atoms with Crippen LogP contribution in [0.5, 0.6) is 0 Å². The van der Waals surface area contributed by atoms with E-state index in [0.717, 1.165) is 6.42 Å². The summed E-state index contributed by atoms with van der Waals surface area (Å²) in [6.45, 7) is 3.36. The molecular weight excluding hydrogens is 307 g/mol. The van der Waals surface area contributed by atoms with Gasteiger partial charge in [-0.2, -0.15) is 4.31 Å². The first-order valence-electron chi connectivity index (χ1n) is 5.91. The van der Waals surface area contributed by atoms with E-state index in [9.17, 15) is 8.42 Å². The third-order valence-corrected chi connectivity index (χ3v) is 5.60. The molecule has 19 heavy (non-hydrogen) atoms. The van der Waals surface area contributed by atoms with Crippen LogP contribution in [0.3, 0.4) is 0 Å². The van der Waals surface area contributed by atoms with E-state index in [0.29, 0.717) is 35.1 Å². The van der Waals surface area contributed by atoms with Crippen LogP contribution in [0.2, 0.25) is 5.02 Å². The number of hydrogen-bond acceptors (Lipinski definition) is 3. The molecule has 2 rings (SSSR count). The van der Waals surface area contributed by atoms with Crippen molar-refractivity contribution in [2.45, 2.75) is 18.2 Å². The lowest BCUT2D eigenvalue weighted by atomic mass is 10.1. The largest absolute Gasteiger partial charge is 0.330 e. The van der Waals surface area contributed by atoms with Gasteiger partial charge in [-0.05, 0) is 49.6 Å². The molecule has 0 aliphatic carbocycles. The molecule has 1 unspecified atom stereocenters. The van der Waals surface area contributed by atoms with Crippen molar-refractivity contribution in [3.05, 3.63) is 28.8 Å². The Hall–Kier alpha value is -0.330. The van der Waals surface area contributed by atoms with Crippen molar-refractivity contribution in [3.63, 3.8) is 0 Å². The van der Waals surface area contributed by atoms with Crippen molar-refractivity contribution in [2.75, 3.05) is 19.6 Å². The molecule has 0 bridgehead atoms. The third-order valence-electron chi connectivity index (χ3n) is 3.34. The highest BCUT2D eigenvalue weighted by Crippen LogP contribution is 2.27. The molecule has 108 valence electrons. The number of sulfonamides is 1. The maximum atomic E-state index is 12.5. The summed E-state index contributed by atoms with van der Waals surface area (Å²) in [5.74, 6) is 0.271. The Morgan fingerprint density at radius 2 is 2.16 bits per heavy atom. The molecule has 7 heteroatoms. The van der Waals surface area contributed by atoms with Crippen LogP contribution in [0.4, 0.5) is 0 Å². The first-order valence-corrected chi connectivity index (χ1v) is 7.73. The minimum absolute atomic E-state index is 0. The second-order valence-corrected chi connectivity index (χ2v) is 7.01. The van der Waals surface area contributed by atoms with Gasteiger partial charge in [-0.1, -0.05) is 11.6 Å². The zero-order chi connectivity index (χ0) is 13.3. The molecule has 1 heterocycles. The van der Waals surface area contributed by atoms with Crippen LogP contribution in [0.25, 0.3) is 0 Å². The van der Waals surface area contributed by atoms with Crippen molar-refractivity contribution in [2.24, 2.45) is 11.7 Å². The van der Waals surface area contributed by atoms with E-state index < -0.39 is 10.0 Å². The Morgan fingerprint density at radius 3 is 2.68 bits per heavy atom. The normalized spacial score (nSPS) is 20.3. The van der Waals surface area contributed by atoms with Crippen LogP contribution in [-0.2, 0) is 10.0 Å². The molecule has 1 saturated heterocycles. The second kappa shape index (κ2) is 6.41. The van der Waals surface area contributed by atoms with Gasteiger partial charge < -0.3 is 5.73 Å². The molecule has 1 aromatic rings. The van der Waals surface area contributed by atoms with E-state index in [1.807, 2.05) is 0 Å². The predicted molar refractivity (Wildman–Crippen MR) is 79.4 cm³/mol. The van der Waals surface area contributed by atoms with Crippen LogP contribution in [-0.4, -0.2) is 32.4 Å². The van der Waals surface area contributed by atoms with Gasteiger partial charge in [0.15, 0.2) is 0 Å². The lowest BCUT2D eigenvalue weighted by Gasteiger charge is -2.18. The quantitative estimate of drug-likeness (QED) is 0.925. The summed E-state index contributed by atoms with van der Waals surface area (Å²) < 4.78 is 26.5. The Kier molecular flexibility index (Phi) is 5.65. The monoisotopic (exact) mass is 324 g/mol. The van der Waals surface area contributed by atoms with E-state index in [1.165, 1.54) is 4.31 Å². The van der Waals surface area contributed by atoms with Gasteiger partial charge in [0.05, 0.1) is 4.90 Å². The first-order chi connectivity index (χ1) is 8.45. The summed E-state index contributed by atoms with van der Waals surface area (Å²) in [4.78, 5) is 0.338. The van der Waals surface area contributed by atoms with Gasteiger partial charge >= 0.3 is 0 Å². The van der Waals surface area contributed by atoms with Crippen LogP contribution >= 0.6 is 24.0 Å². The fourth-order valence-corrected chi connectivity index (χ4v) is 4.21. The van der Waals surface area contributed by atoms with Crippen molar-refractivity contribution in [1.82, 2.24) is 4.31 Å². The zero-order valence-electron chi connectivity index (χ0n) is 10.7. The number of halogens is 2. The number of rotatable bonds is 3.